The van der Waals surface area contributed by atoms with Crippen molar-refractivity contribution in [2.75, 3.05) is 25.3 Å². The molecule has 10 heteroatoms. The molecule has 0 aliphatic rings. The highest BCUT2D eigenvalue weighted by molar-refractivity contribution is 7.99. The van der Waals surface area contributed by atoms with Gasteiger partial charge in [-0.3, -0.25) is 9.36 Å². The molecule has 180 valence electrons. The molecule has 0 fully saturated rings. The highest BCUT2D eigenvalue weighted by Gasteiger charge is 2.16. The molecule has 0 aliphatic carbocycles. The third kappa shape index (κ3) is 6.24. The van der Waals surface area contributed by atoms with Gasteiger partial charge in [-0.05, 0) is 49.2 Å². The average molecular weight is 503 g/mol. The van der Waals surface area contributed by atoms with Gasteiger partial charge in [-0.1, -0.05) is 29.4 Å². The minimum Gasteiger partial charge on any atom is -0.497 e. The van der Waals surface area contributed by atoms with Gasteiger partial charge in [0.25, 0.3) is 0 Å². The third-order valence-corrected chi connectivity index (χ3v) is 6.46. The maximum atomic E-state index is 12.6. The van der Waals surface area contributed by atoms with E-state index in [4.69, 9.17) is 25.8 Å². The van der Waals surface area contributed by atoms with Gasteiger partial charge in [0.05, 0.1) is 25.7 Å². The molecule has 1 amide bonds. The number of aromatic nitrogens is 3. The molecule has 0 aliphatic heterocycles. The predicted octanol–water partition coefficient (Wildman–Crippen LogP) is 5.06. The Morgan fingerprint density at radius 3 is 2.53 bits per heavy atom. The number of thioether (sulfide) groups is 1. The SMILES string of the molecule is C=CCn1c(COc2cc(C)c(Cl)c(C)c2)nnc1SCC(=O)Nc1ccc(OC)cc1OC. The zero-order chi connectivity index (χ0) is 24.7. The highest BCUT2D eigenvalue weighted by atomic mass is 35.5. The summed E-state index contributed by atoms with van der Waals surface area (Å²) >= 11 is 7.51. The second-order valence-electron chi connectivity index (χ2n) is 7.36. The van der Waals surface area contributed by atoms with Gasteiger partial charge >= 0.3 is 0 Å². The van der Waals surface area contributed by atoms with Crippen LogP contribution in [-0.2, 0) is 17.9 Å². The molecule has 0 atom stereocenters. The minimum atomic E-state index is -0.202. The number of anilines is 1. The number of methoxy groups -OCH3 is 2. The molecule has 0 unspecified atom stereocenters. The summed E-state index contributed by atoms with van der Waals surface area (Å²) < 4.78 is 18.3. The number of allylic oxidation sites excluding steroid dienone is 1. The summed E-state index contributed by atoms with van der Waals surface area (Å²) in [5, 5.41) is 12.7. The van der Waals surface area contributed by atoms with Crippen LogP contribution in [0.5, 0.6) is 17.2 Å². The van der Waals surface area contributed by atoms with Gasteiger partial charge < -0.3 is 19.5 Å². The van der Waals surface area contributed by atoms with Gasteiger partial charge in [0.1, 0.15) is 23.9 Å². The molecule has 1 heterocycles. The van der Waals surface area contributed by atoms with Gasteiger partial charge in [0.15, 0.2) is 11.0 Å². The Kier molecular flexibility index (Phi) is 8.84. The number of carbonyl (C=O) groups excluding carboxylic acids is 1. The lowest BCUT2D eigenvalue weighted by atomic mass is 10.1. The lowest BCUT2D eigenvalue weighted by Crippen LogP contribution is -2.15. The van der Waals surface area contributed by atoms with E-state index in [2.05, 4.69) is 22.1 Å². The largest absolute Gasteiger partial charge is 0.497 e. The van der Waals surface area contributed by atoms with Gasteiger partial charge in [-0.25, -0.2) is 0 Å². The van der Waals surface area contributed by atoms with Crippen molar-refractivity contribution >= 4 is 35.0 Å². The molecular formula is C24H27ClN4O4S. The number of ether oxygens (including phenoxy) is 3. The van der Waals surface area contributed by atoms with Crippen LogP contribution >= 0.6 is 23.4 Å². The number of halogens is 1. The molecule has 34 heavy (non-hydrogen) atoms. The van der Waals surface area contributed by atoms with Gasteiger partial charge in [-0.2, -0.15) is 0 Å². The summed E-state index contributed by atoms with van der Waals surface area (Å²) in [6.45, 7) is 8.38. The minimum absolute atomic E-state index is 0.140. The lowest BCUT2D eigenvalue weighted by Gasteiger charge is -2.12. The summed E-state index contributed by atoms with van der Waals surface area (Å²) in [6, 6.07) is 8.96. The van der Waals surface area contributed by atoms with Crippen molar-refractivity contribution in [3.63, 3.8) is 0 Å². The van der Waals surface area contributed by atoms with Crippen molar-refractivity contribution in [2.24, 2.45) is 0 Å². The summed E-state index contributed by atoms with van der Waals surface area (Å²) in [5.74, 6) is 2.42. The fourth-order valence-electron chi connectivity index (χ4n) is 3.20. The van der Waals surface area contributed by atoms with E-state index >= 15 is 0 Å². The van der Waals surface area contributed by atoms with Crippen LogP contribution < -0.4 is 19.5 Å². The van der Waals surface area contributed by atoms with Crippen molar-refractivity contribution < 1.29 is 19.0 Å². The quantitative estimate of drug-likeness (QED) is 0.289. The second-order valence-corrected chi connectivity index (χ2v) is 8.68. The smallest absolute Gasteiger partial charge is 0.234 e. The molecule has 0 spiro atoms. The van der Waals surface area contributed by atoms with E-state index in [1.54, 1.807) is 31.4 Å². The van der Waals surface area contributed by atoms with Crippen molar-refractivity contribution in [1.82, 2.24) is 14.8 Å². The zero-order valence-electron chi connectivity index (χ0n) is 19.6. The van der Waals surface area contributed by atoms with E-state index < -0.39 is 0 Å². The number of rotatable bonds is 11. The van der Waals surface area contributed by atoms with E-state index in [-0.39, 0.29) is 18.3 Å². The Balaban J connectivity index is 1.65. The molecule has 0 saturated heterocycles. The number of benzene rings is 2. The lowest BCUT2D eigenvalue weighted by molar-refractivity contribution is -0.113. The molecule has 2 aromatic carbocycles. The average Bonchev–Trinajstić information content (AvgIpc) is 3.21. The van der Waals surface area contributed by atoms with Crippen molar-refractivity contribution in [1.29, 1.82) is 0 Å². The van der Waals surface area contributed by atoms with Crippen LogP contribution in [0.3, 0.4) is 0 Å². The fraction of sp³-hybridized carbons (Fsp3) is 0.292. The maximum Gasteiger partial charge on any atom is 0.234 e. The van der Waals surface area contributed by atoms with Gasteiger partial charge in [0.2, 0.25) is 5.91 Å². The topological polar surface area (TPSA) is 87.5 Å². The fourth-order valence-corrected chi connectivity index (χ4v) is 4.08. The Morgan fingerprint density at radius 2 is 1.88 bits per heavy atom. The normalized spacial score (nSPS) is 10.6. The monoisotopic (exact) mass is 502 g/mol. The van der Waals surface area contributed by atoms with Crippen LogP contribution in [0.25, 0.3) is 0 Å². The molecule has 3 aromatic rings. The Morgan fingerprint density at radius 1 is 1.15 bits per heavy atom. The highest BCUT2D eigenvalue weighted by Crippen LogP contribution is 2.30. The maximum absolute atomic E-state index is 12.6. The van der Waals surface area contributed by atoms with E-state index in [9.17, 15) is 4.79 Å². The number of carbonyl (C=O) groups is 1. The summed E-state index contributed by atoms with van der Waals surface area (Å²) in [7, 11) is 3.10. The second kappa shape index (κ2) is 11.8. The molecule has 1 N–H and O–H groups in total. The Bertz CT molecular complexity index is 1160. The number of aryl methyl sites for hydroxylation is 2. The molecule has 8 nitrogen and oxygen atoms in total. The first kappa shape index (κ1) is 25.5. The number of amides is 1. The van der Waals surface area contributed by atoms with Gasteiger partial charge in [-0.15, -0.1) is 16.8 Å². The van der Waals surface area contributed by atoms with E-state index in [0.29, 0.717) is 40.5 Å². The van der Waals surface area contributed by atoms with E-state index in [0.717, 1.165) is 16.1 Å². The number of hydrogen-bond donors (Lipinski definition) is 1. The van der Waals surface area contributed by atoms with Crippen molar-refractivity contribution in [2.45, 2.75) is 32.2 Å². The molecule has 0 bridgehead atoms. The summed E-state index contributed by atoms with van der Waals surface area (Å²) in [6.07, 6.45) is 1.75. The van der Waals surface area contributed by atoms with Gasteiger partial charge in [0, 0.05) is 17.6 Å². The van der Waals surface area contributed by atoms with Crippen LogP contribution in [0.15, 0.2) is 48.1 Å². The first-order chi connectivity index (χ1) is 16.4. The van der Waals surface area contributed by atoms with E-state index in [1.165, 1.54) is 18.9 Å². The van der Waals surface area contributed by atoms with Crippen LogP contribution in [0.2, 0.25) is 5.02 Å². The van der Waals surface area contributed by atoms with Crippen LogP contribution in [0.4, 0.5) is 5.69 Å². The van der Waals surface area contributed by atoms with Crippen molar-refractivity contribution in [3.8, 4) is 17.2 Å². The Hall–Kier alpha value is -3.17. The number of hydrogen-bond acceptors (Lipinski definition) is 7. The first-order valence-corrected chi connectivity index (χ1v) is 11.8. The number of nitrogens with one attached hydrogen (secondary N) is 1. The molecule has 3 rings (SSSR count). The van der Waals surface area contributed by atoms with E-state index in [1.807, 2.05) is 30.5 Å². The van der Waals surface area contributed by atoms with Crippen LogP contribution in [-0.4, -0.2) is 40.6 Å². The van der Waals surface area contributed by atoms with Crippen molar-refractivity contribution in [3.05, 3.63) is 65.0 Å². The summed E-state index contributed by atoms with van der Waals surface area (Å²) in [5.41, 5.74) is 2.45. The predicted molar refractivity (Wildman–Crippen MR) is 134 cm³/mol. The molecular weight excluding hydrogens is 476 g/mol. The molecule has 0 radical (unpaired) electrons. The number of nitrogens with zero attached hydrogens (tertiary/aromatic N) is 3. The molecule has 0 saturated carbocycles. The Labute approximate surface area is 208 Å². The molecule has 1 aromatic heterocycles. The standard InChI is InChI=1S/C24H27ClN4O4S/c1-6-9-29-21(13-33-18-10-15(2)23(25)16(3)11-18)27-28-24(29)34-14-22(30)26-19-8-7-17(31-4)12-20(19)32-5/h6-8,10-12H,1,9,13-14H2,2-5H3,(H,26,30). The summed E-state index contributed by atoms with van der Waals surface area (Å²) in [4.78, 5) is 12.6. The van der Waals surface area contributed by atoms with Crippen LogP contribution in [0.1, 0.15) is 17.0 Å². The third-order valence-electron chi connectivity index (χ3n) is 4.90. The zero-order valence-corrected chi connectivity index (χ0v) is 21.1. The van der Waals surface area contributed by atoms with Crippen LogP contribution in [0, 0.1) is 13.8 Å². The first-order valence-electron chi connectivity index (χ1n) is 10.4.